The summed E-state index contributed by atoms with van der Waals surface area (Å²) in [6.45, 7) is -2.92. The number of ether oxygens (including phenoxy) is 1. The maximum atomic E-state index is 12.7. The van der Waals surface area contributed by atoms with Gasteiger partial charge < -0.3 is 10.5 Å². The number of aliphatic imine (C=N–C) groups is 1. The average molecular weight is 329 g/mol. The Labute approximate surface area is 135 Å². The third-order valence-corrected chi connectivity index (χ3v) is 3.75. The van der Waals surface area contributed by atoms with Crippen molar-refractivity contribution in [2.75, 3.05) is 5.32 Å². The van der Waals surface area contributed by atoms with Crippen LogP contribution in [0.15, 0.2) is 53.5 Å². The van der Waals surface area contributed by atoms with Crippen molar-refractivity contribution >= 4 is 22.9 Å². The van der Waals surface area contributed by atoms with Gasteiger partial charge in [0.15, 0.2) is 12.1 Å². The minimum absolute atomic E-state index is 0.0553. The van der Waals surface area contributed by atoms with Gasteiger partial charge in [-0.2, -0.15) is 8.78 Å². The summed E-state index contributed by atoms with van der Waals surface area (Å²) in [5.41, 5.74) is 7.89. The molecular formula is C16H13F2N5O. The van der Waals surface area contributed by atoms with Crippen LogP contribution in [-0.4, -0.2) is 22.1 Å². The van der Waals surface area contributed by atoms with Crippen LogP contribution in [0, 0.1) is 0 Å². The molecule has 0 aliphatic carbocycles. The number of benzene rings is 2. The van der Waals surface area contributed by atoms with Crippen molar-refractivity contribution in [3.8, 4) is 5.75 Å². The Morgan fingerprint density at radius 3 is 2.71 bits per heavy atom. The van der Waals surface area contributed by atoms with Crippen LogP contribution < -0.4 is 15.8 Å². The van der Waals surface area contributed by atoms with E-state index in [9.17, 15) is 8.78 Å². The lowest BCUT2D eigenvalue weighted by molar-refractivity contribution is -0.0506. The van der Waals surface area contributed by atoms with Gasteiger partial charge in [0.1, 0.15) is 5.75 Å². The number of hydrogen-bond acceptors (Lipinski definition) is 5. The van der Waals surface area contributed by atoms with E-state index in [1.807, 2.05) is 24.3 Å². The first-order valence-electron chi connectivity index (χ1n) is 7.24. The summed E-state index contributed by atoms with van der Waals surface area (Å²) in [5.74, 6) is 0.717. The summed E-state index contributed by atoms with van der Waals surface area (Å²) in [6.07, 6.45) is -0.649. The molecule has 4 rings (SSSR count). The molecule has 0 spiro atoms. The second kappa shape index (κ2) is 5.48. The summed E-state index contributed by atoms with van der Waals surface area (Å²) in [5, 5.41) is 2.90. The molecule has 8 heteroatoms. The molecule has 0 saturated heterocycles. The number of fused-ring (bicyclic) bond motifs is 3. The standard InChI is InChI=1S/C16H13F2N5O/c17-14(18)24-12-8-4-1-5-9(12)13-21-15(19)22-16-20-10-6-2-3-7-11(10)23(13)16/h1-8,13-14H,(H3,19,20,21,22)/t13-/m0/s1. The highest BCUT2D eigenvalue weighted by atomic mass is 19.3. The first-order valence-corrected chi connectivity index (χ1v) is 7.24. The van der Waals surface area contributed by atoms with Crippen molar-refractivity contribution in [3.05, 3.63) is 54.1 Å². The molecule has 24 heavy (non-hydrogen) atoms. The number of nitrogens with zero attached hydrogens (tertiary/aromatic N) is 3. The Hall–Kier alpha value is -3.16. The van der Waals surface area contributed by atoms with Gasteiger partial charge in [0.2, 0.25) is 5.95 Å². The van der Waals surface area contributed by atoms with E-state index in [2.05, 4.69) is 20.0 Å². The van der Waals surface area contributed by atoms with Crippen LogP contribution in [-0.2, 0) is 0 Å². The van der Waals surface area contributed by atoms with E-state index < -0.39 is 12.8 Å². The van der Waals surface area contributed by atoms with Gasteiger partial charge in [-0.15, -0.1) is 0 Å². The van der Waals surface area contributed by atoms with Crippen LogP contribution in [0.5, 0.6) is 5.75 Å². The van der Waals surface area contributed by atoms with Gasteiger partial charge in [-0.25, -0.2) is 9.98 Å². The fraction of sp³-hybridized carbons (Fsp3) is 0.125. The highest BCUT2D eigenvalue weighted by Crippen LogP contribution is 2.36. The SMILES string of the molecule is NC1=N[C@H](c2ccccc2OC(F)F)n2c(nc3ccccc32)N1. The van der Waals surface area contributed by atoms with Crippen LogP contribution in [0.25, 0.3) is 11.0 Å². The number of nitrogens with two attached hydrogens (primary N) is 1. The number of guanidine groups is 1. The van der Waals surface area contributed by atoms with Crippen molar-refractivity contribution in [1.82, 2.24) is 9.55 Å². The Morgan fingerprint density at radius 1 is 1.12 bits per heavy atom. The topological polar surface area (TPSA) is 77.5 Å². The van der Waals surface area contributed by atoms with Gasteiger partial charge in [0.25, 0.3) is 0 Å². The molecule has 1 aliphatic heterocycles. The van der Waals surface area contributed by atoms with Crippen molar-refractivity contribution in [3.63, 3.8) is 0 Å². The van der Waals surface area contributed by atoms with Crippen LogP contribution in [0.3, 0.4) is 0 Å². The predicted octanol–water partition coefficient (Wildman–Crippen LogP) is 2.92. The molecule has 0 amide bonds. The van der Waals surface area contributed by atoms with Crippen LogP contribution in [0.4, 0.5) is 14.7 Å². The smallest absolute Gasteiger partial charge is 0.387 e. The molecule has 0 unspecified atom stereocenters. The number of alkyl halides is 2. The Kier molecular flexibility index (Phi) is 3.30. The van der Waals surface area contributed by atoms with Crippen molar-refractivity contribution < 1.29 is 13.5 Å². The maximum absolute atomic E-state index is 12.7. The van der Waals surface area contributed by atoms with Crippen molar-refractivity contribution in [1.29, 1.82) is 0 Å². The van der Waals surface area contributed by atoms with Gasteiger partial charge in [0, 0.05) is 5.56 Å². The van der Waals surface area contributed by atoms with E-state index in [4.69, 9.17) is 5.73 Å². The van der Waals surface area contributed by atoms with E-state index in [0.717, 1.165) is 11.0 Å². The minimum Gasteiger partial charge on any atom is -0.434 e. The van der Waals surface area contributed by atoms with E-state index in [1.54, 1.807) is 22.8 Å². The molecule has 1 aliphatic rings. The number of aromatic nitrogens is 2. The van der Waals surface area contributed by atoms with E-state index in [-0.39, 0.29) is 11.7 Å². The molecule has 3 aromatic rings. The number of halogens is 2. The molecule has 3 N–H and O–H groups in total. The molecule has 122 valence electrons. The molecule has 0 fully saturated rings. The molecule has 0 bridgehead atoms. The van der Waals surface area contributed by atoms with Gasteiger partial charge in [-0.1, -0.05) is 30.3 Å². The molecule has 1 atom stereocenters. The molecule has 0 saturated carbocycles. The van der Waals surface area contributed by atoms with E-state index in [1.165, 1.54) is 6.07 Å². The van der Waals surface area contributed by atoms with Gasteiger partial charge >= 0.3 is 6.61 Å². The quantitative estimate of drug-likeness (QED) is 0.774. The Bertz CT molecular complexity index is 937. The number of anilines is 1. The summed E-state index contributed by atoms with van der Waals surface area (Å²) in [7, 11) is 0. The minimum atomic E-state index is -2.92. The average Bonchev–Trinajstić information content (AvgIpc) is 2.92. The summed E-state index contributed by atoms with van der Waals surface area (Å²) in [6, 6.07) is 14.0. The third kappa shape index (κ3) is 2.32. The van der Waals surface area contributed by atoms with Crippen LogP contribution in [0.1, 0.15) is 11.7 Å². The van der Waals surface area contributed by atoms with Crippen molar-refractivity contribution in [2.24, 2.45) is 10.7 Å². The molecule has 1 aromatic heterocycles. The molecule has 0 radical (unpaired) electrons. The van der Waals surface area contributed by atoms with Gasteiger partial charge in [0.05, 0.1) is 11.0 Å². The monoisotopic (exact) mass is 329 g/mol. The number of nitrogens with one attached hydrogen (secondary N) is 1. The number of rotatable bonds is 3. The molecule has 2 aromatic carbocycles. The molecule has 2 heterocycles. The fourth-order valence-electron chi connectivity index (χ4n) is 2.82. The number of para-hydroxylation sites is 3. The summed E-state index contributed by atoms with van der Waals surface area (Å²) >= 11 is 0. The van der Waals surface area contributed by atoms with Crippen LogP contribution >= 0.6 is 0 Å². The van der Waals surface area contributed by atoms with Gasteiger partial charge in [-0.05, 0) is 18.2 Å². The largest absolute Gasteiger partial charge is 0.434 e. The lowest BCUT2D eigenvalue weighted by atomic mass is 10.1. The zero-order valence-corrected chi connectivity index (χ0v) is 12.4. The first-order chi connectivity index (χ1) is 11.6. The lowest BCUT2D eigenvalue weighted by Crippen LogP contribution is -2.31. The van der Waals surface area contributed by atoms with E-state index >= 15 is 0 Å². The highest BCUT2D eigenvalue weighted by Gasteiger charge is 2.27. The third-order valence-electron chi connectivity index (χ3n) is 3.75. The highest BCUT2D eigenvalue weighted by molar-refractivity contribution is 5.94. The second-order valence-electron chi connectivity index (χ2n) is 5.22. The Balaban J connectivity index is 1.92. The van der Waals surface area contributed by atoms with E-state index in [0.29, 0.717) is 11.5 Å². The fourth-order valence-corrected chi connectivity index (χ4v) is 2.82. The first kappa shape index (κ1) is 14.4. The zero-order valence-electron chi connectivity index (χ0n) is 12.4. The summed E-state index contributed by atoms with van der Waals surface area (Å²) < 4.78 is 31.9. The predicted molar refractivity (Wildman–Crippen MR) is 86.2 cm³/mol. The molecule has 6 nitrogen and oxygen atoms in total. The summed E-state index contributed by atoms with van der Waals surface area (Å²) in [4.78, 5) is 8.84. The number of hydrogen-bond donors (Lipinski definition) is 2. The zero-order chi connectivity index (χ0) is 16.7. The second-order valence-corrected chi connectivity index (χ2v) is 5.22. The Morgan fingerprint density at radius 2 is 1.88 bits per heavy atom. The van der Waals surface area contributed by atoms with Crippen LogP contribution in [0.2, 0.25) is 0 Å². The van der Waals surface area contributed by atoms with Gasteiger partial charge in [-0.3, -0.25) is 9.88 Å². The maximum Gasteiger partial charge on any atom is 0.387 e. The normalized spacial score (nSPS) is 16.6. The lowest BCUT2D eigenvalue weighted by Gasteiger charge is -2.25. The van der Waals surface area contributed by atoms with Crippen molar-refractivity contribution in [2.45, 2.75) is 12.8 Å². The molecular weight excluding hydrogens is 316 g/mol. The number of imidazole rings is 1.